The molecular formula is C12H26N4O2. The molecule has 0 aliphatic rings. The molecule has 0 fully saturated rings. The molecule has 0 aromatic heterocycles. The van der Waals surface area contributed by atoms with Gasteiger partial charge in [0.2, 0.25) is 5.91 Å². The molecule has 0 rings (SSSR count). The van der Waals surface area contributed by atoms with Crippen LogP contribution in [-0.2, 0) is 4.79 Å². The van der Waals surface area contributed by atoms with Gasteiger partial charge in [0, 0.05) is 20.1 Å². The number of rotatable bonds is 8. The standard InChI is InChI=1S/C12H26N4O2/c1-5-8-16(6-2)9-7-14-10(3)11(17)15-12(18)13-4/h10,14H,5-9H2,1-4H3,(H2,13,15,17,18). The van der Waals surface area contributed by atoms with Crippen LogP contribution in [-0.4, -0.2) is 56.1 Å². The first-order chi connectivity index (χ1) is 8.54. The summed E-state index contributed by atoms with van der Waals surface area (Å²) in [7, 11) is 1.48. The predicted octanol–water partition coefficient (Wildman–Crippen LogP) is 0.152. The van der Waals surface area contributed by atoms with Crippen LogP contribution in [0.5, 0.6) is 0 Å². The van der Waals surface area contributed by atoms with Gasteiger partial charge in [0.15, 0.2) is 0 Å². The van der Waals surface area contributed by atoms with E-state index in [0.717, 1.165) is 32.6 Å². The van der Waals surface area contributed by atoms with Gasteiger partial charge in [-0.25, -0.2) is 4.79 Å². The van der Waals surface area contributed by atoms with E-state index in [1.54, 1.807) is 6.92 Å². The van der Waals surface area contributed by atoms with Gasteiger partial charge in [-0.15, -0.1) is 0 Å². The van der Waals surface area contributed by atoms with Crippen molar-refractivity contribution in [2.24, 2.45) is 0 Å². The number of hydrogen-bond acceptors (Lipinski definition) is 4. The van der Waals surface area contributed by atoms with Crippen molar-refractivity contribution in [3.05, 3.63) is 0 Å². The van der Waals surface area contributed by atoms with Gasteiger partial charge >= 0.3 is 6.03 Å². The van der Waals surface area contributed by atoms with Crippen LogP contribution in [0, 0.1) is 0 Å². The SMILES string of the molecule is CCCN(CC)CCNC(C)C(=O)NC(=O)NC. The molecule has 0 aromatic rings. The Morgan fingerprint density at radius 3 is 2.39 bits per heavy atom. The summed E-state index contributed by atoms with van der Waals surface area (Å²) in [6, 6.07) is -0.850. The molecule has 106 valence electrons. The fraction of sp³-hybridized carbons (Fsp3) is 0.833. The Morgan fingerprint density at radius 1 is 1.22 bits per heavy atom. The van der Waals surface area contributed by atoms with E-state index in [1.807, 2.05) is 0 Å². The van der Waals surface area contributed by atoms with Gasteiger partial charge in [0.1, 0.15) is 0 Å². The van der Waals surface area contributed by atoms with Crippen LogP contribution >= 0.6 is 0 Å². The van der Waals surface area contributed by atoms with Gasteiger partial charge in [-0.2, -0.15) is 0 Å². The minimum Gasteiger partial charge on any atom is -0.341 e. The van der Waals surface area contributed by atoms with E-state index in [9.17, 15) is 9.59 Å². The number of carbonyl (C=O) groups is 2. The molecule has 3 N–H and O–H groups in total. The highest BCUT2D eigenvalue weighted by Gasteiger charge is 2.14. The summed E-state index contributed by atoms with van der Waals surface area (Å²) in [5.41, 5.74) is 0. The number of urea groups is 1. The average molecular weight is 258 g/mol. The van der Waals surface area contributed by atoms with Crippen molar-refractivity contribution in [3.8, 4) is 0 Å². The van der Waals surface area contributed by atoms with Gasteiger partial charge in [-0.1, -0.05) is 13.8 Å². The average Bonchev–Trinajstić information content (AvgIpc) is 2.37. The summed E-state index contributed by atoms with van der Waals surface area (Å²) >= 11 is 0. The van der Waals surface area contributed by atoms with Crippen molar-refractivity contribution in [1.82, 2.24) is 20.9 Å². The molecule has 6 heteroatoms. The number of likely N-dealkylation sites (N-methyl/N-ethyl adjacent to an activating group) is 1. The minimum atomic E-state index is -0.477. The number of hydrogen-bond donors (Lipinski definition) is 3. The van der Waals surface area contributed by atoms with Gasteiger partial charge in [0.05, 0.1) is 6.04 Å². The Labute approximate surface area is 109 Å². The molecule has 0 aromatic carbocycles. The van der Waals surface area contributed by atoms with Crippen LogP contribution in [0.15, 0.2) is 0 Å². The molecule has 0 saturated carbocycles. The van der Waals surface area contributed by atoms with Crippen molar-refractivity contribution in [1.29, 1.82) is 0 Å². The summed E-state index contributed by atoms with van der Waals surface area (Å²) in [4.78, 5) is 24.8. The lowest BCUT2D eigenvalue weighted by atomic mass is 10.3. The molecule has 0 aliphatic carbocycles. The fourth-order valence-corrected chi connectivity index (χ4v) is 1.56. The van der Waals surface area contributed by atoms with Gasteiger partial charge in [0.25, 0.3) is 0 Å². The highest BCUT2D eigenvalue weighted by Crippen LogP contribution is 1.90. The lowest BCUT2D eigenvalue weighted by Gasteiger charge is -2.21. The molecule has 0 radical (unpaired) electrons. The second-order valence-corrected chi connectivity index (χ2v) is 4.18. The van der Waals surface area contributed by atoms with Crippen molar-refractivity contribution in [3.63, 3.8) is 0 Å². The molecular weight excluding hydrogens is 232 g/mol. The second-order valence-electron chi connectivity index (χ2n) is 4.18. The molecule has 0 spiro atoms. The molecule has 3 amide bonds. The van der Waals surface area contributed by atoms with E-state index in [2.05, 4.69) is 34.7 Å². The largest absolute Gasteiger partial charge is 0.341 e. The highest BCUT2D eigenvalue weighted by atomic mass is 16.2. The predicted molar refractivity (Wildman–Crippen MR) is 72.5 cm³/mol. The van der Waals surface area contributed by atoms with Crippen LogP contribution in [0.3, 0.4) is 0 Å². The first-order valence-corrected chi connectivity index (χ1v) is 6.53. The Bertz CT molecular complexity index is 258. The maximum Gasteiger partial charge on any atom is 0.321 e. The van der Waals surface area contributed by atoms with Crippen LogP contribution in [0.2, 0.25) is 0 Å². The first kappa shape index (κ1) is 16.9. The van der Waals surface area contributed by atoms with Crippen LogP contribution in [0.1, 0.15) is 27.2 Å². The van der Waals surface area contributed by atoms with E-state index in [0.29, 0.717) is 0 Å². The normalized spacial score (nSPS) is 12.3. The minimum absolute atomic E-state index is 0.312. The second kappa shape index (κ2) is 9.85. The molecule has 0 bridgehead atoms. The Kier molecular flexibility index (Phi) is 9.22. The molecule has 6 nitrogen and oxygen atoms in total. The van der Waals surface area contributed by atoms with E-state index in [4.69, 9.17) is 0 Å². The maximum absolute atomic E-state index is 11.5. The molecule has 0 heterocycles. The zero-order valence-corrected chi connectivity index (χ0v) is 11.9. The third-order valence-corrected chi connectivity index (χ3v) is 2.72. The zero-order chi connectivity index (χ0) is 14.0. The van der Waals surface area contributed by atoms with Crippen LogP contribution in [0.4, 0.5) is 4.79 Å². The summed E-state index contributed by atoms with van der Waals surface area (Å²) in [5.74, 6) is -0.312. The quantitative estimate of drug-likeness (QED) is 0.579. The van der Waals surface area contributed by atoms with Crippen LogP contribution < -0.4 is 16.0 Å². The molecule has 0 aliphatic heterocycles. The van der Waals surface area contributed by atoms with Crippen LogP contribution in [0.25, 0.3) is 0 Å². The maximum atomic E-state index is 11.5. The summed E-state index contributed by atoms with van der Waals surface area (Å²) in [6.07, 6.45) is 1.13. The van der Waals surface area contributed by atoms with Crippen molar-refractivity contribution >= 4 is 11.9 Å². The smallest absolute Gasteiger partial charge is 0.321 e. The first-order valence-electron chi connectivity index (χ1n) is 6.53. The number of nitrogens with zero attached hydrogens (tertiary/aromatic N) is 1. The van der Waals surface area contributed by atoms with Gasteiger partial charge in [-0.05, 0) is 26.4 Å². The number of imide groups is 1. The van der Waals surface area contributed by atoms with Crippen molar-refractivity contribution in [2.45, 2.75) is 33.2 Å². The number of nitrogens with one attached hydrogen (secondary N) is 3. The Balaban J connectivity index is 3.84. The molecule has 18 heavy (non-hydrogen) atoms. The summed E-state index contributed by atoms with van der Waals surface area (Å²) < 4.78 is 0. The third kappa shape index (κ3) is 7.24. The Hall–Kier alpha value is -1.14. The highest BCUT2D eigenvalue weighted by molar-refractivity contribution is 5.96. The summed E-state index contributed by atoms with van der Waals surface area (Å²) in [6.45, 7) is 9.73. The molecule has 1 unspecified atom stereocenters. The summed E-state index contributed by atoms with van der Waals surface area (Å²) in [5, 5.41) is 7.69. The fourth-order valence-electron chi connectivity index (χ4n) is 1.56. The topological polar surface area (TPSA) is 73.5 Å². The van der Waals surface area contributed by atoms with E-state index >= 15 is 0 Å². The zero-order valence-electron chi connectivity index (χ0n) is 11.9. The van der Waals surface area contributed by atoms with E-state index < -0.39 is 6.03 Å². The van der Waals surface area contributed by atoms with E-state index in [1.165, 1.54) is 7.05 Å². The monoisotopic (exact) mass is 258 g/mol. The third-order valence-electron chi connectivity index (χ3n) is 2.72. The van der Waals surface area contributed by atoms with E-state index in [-0.39, 0.29) is 11.9 Å². The van der Waals surface area contributed by atoms with Gasteiger partial charge < -0.3 is 15.5 Å². The molecule has 1 atom stereocenters. The lowest BCUT2D eigenvalue weighted by Crippen LogP contribution is -2.48. The number of carbonyl (C=O) groups excluding carboxylic acids is 2. The number of amides is 3. The van der Waals surface area contributed by atoms with Gasteiger partial charge in [-0.3, -0.25) is 10.1 Å². The van der Waals surface area contributed by atoms with Crippen molar-refractivity contribution in [2.75, 3.05) is 33.2 Å². The van der Waals surface area contributed by atoms with Crippen molar-refractivity contribution < 1.29 is 9.59 Å². The lowest BCUT2D eigenvalue weighted by molar-refractivity contribution is -0.121. The Morgan fingerprint density at radius 2 is 1.89 bits per heavy atom. The molecule has 0 saturated heterocycles.